The van der Waals surface area contributed by atoms with Crippen LogP contribution in [0.3, 0.4) is 0 Å². The molecule has 140 valence electrons. The number of fused-ring (bicyclic) bond motifs is 4. The molecule has 2 bridgehead atoms. The first kappa shape index (κ1) is 18.8. The number of aldehydes is 1. The highest BCUT2D eigenvalue weighted by Gasteiger charge is 2.57. The predicted molar refractivity (Wildman–Crippen MR) is 93.7 cm³/mol. The first-order valence-corrected chi connectivity index (χ1v) is 9.19. The van der Waals surface area contributed by atoms with Crippen LogP contribution >= 0.6 is 0 Å². The molecule has 0 saturated heterocycles. The van der Waals surface area contributed by atoms with Crippen molar-refractivity contribution in [2.24, 2.45) is 17.3 Å². The highest BCUT2D eigenvalue weighted by atomic mass is 16.3. The second-order valence-corrected chi connectivity index (χ2v) is 9.16. The fraction of sp³-hybridized carbons (Fsp3) is 0.750. The van der Waals surface area contributed by atoms with Crippen LogP contribution in [0.2, 0.25) is 0 Å². The maximum Gasteiger partial charge on any atom is 0.146 e. The van der Waals surface area contributed by atoms with Gasteiger partial charge in [0.25, 0.3) is 0 Å². The lowest BCUT2D eigenvalue weighted by Gasteiger charge is -2.50. The molecule has 0 aromatic carbocycles. The number of hydrogen-bond donors (Lipinski definition) is 4. The van der Waals surface area contributed by atoms with E-state index in [0.29, 0.717) is 43.3 Å². The van der Waals surface area contributed by atoms with E-state index in [1.807, 2.05) is 6.92 Å². The van der Waals surface area contributed by atoms with E-state index in [1.165, 1.54) is 0 Å². The average Bonchev–Trinajstić information content (AvgIpc) is 2.59. The van der Waals surface area contributed by atoms with Crippen LogP contribution in [0.15, 0.2) is 23.3 Å². The lowest BCUT2D eigenvalue weighted by molar-refractivity contribution is -0.146. The number of aliphatic hydroxyl groups is 4. The molecule has 2 fully saturated rings. The standard InChI is InChI=1S/C20H30O5/c1-18(2,24)9-12-8-13(10-21)14-4-6-19(3)11-20(25,7-5-15(19)22)16(14)17(12)23/h8-10,14-17,22-25H,4-7,11H2,1-3H3/b12-9-/t14-,15-,16+,17+,19+,20-/m1/s1. The Kier molecular flexibility index (Phi) is 4.52. The lowest BCUT2D eigenvalue weighted by Crippen LogP contribution is -2.55. The van der Waals surface area contributed by atoms with E-state index >= 15 is 0 Å². The highest BCUT2D eigenvalue weighted by Crippen LogP contribution is 2.56. The van der Waals surface area contributed by atoms with Gasteiger partial charge in [-0.25, -0.2) is 0 Å². The van der Waals surface area contributed by atoms with Crippen molar-refractivity contribution in [2.75, 3.05) is 0 Å². The van der Waals surface area contributed by atoms with E-state index in [9.17, 15) is 25.2 Å². The Morgan fingerprint density at radius 1 is 1.24 bits per heavy atom. The number of allylic oxidation sites excluding steroid dienone is 1. The van der Waals surface area contributed by atoms with Gasteiger partial charge in [0.15, 0.2) is 0 Å². The normalized spacial score (nSPS) is 46.2. The van der Waals surface area contributed by atoms with Gasteiger partial charge in [0.05, 0.1) is 23.4 Å². The fourth-order valence-electron chi connectivity index (χ4n) is 5.36. The van der Waals surface area contributed by atoms with E-state index in [-0.39, 0.29) is 5.92 Å². The van der Waals surface area contributed by atoms with Gasteiger partial charge in [-0.1, -0.05) is 6.92 Å². The topological polar surface area (TPSA) is 98.0 Å². The highest BCUT2D eigenvalue weighted by molar-refractivity contribution is 5.76. The molecule has 6 atom stereocenters. The SMILES string of the molecule is CC(C)(O)/C=C1/C=C(C=O)[C@H]2CC[C@@]3(C)C[C@](O)(CC[C@H]3O)[C@@H]2[C@H]1O. The molecule has 2 saturated carbocycles. The van der Waals surface area contributed by atoms with Gasteiger partial charge >= 0.3 is 0 Å². The molecule has 0 heterocycles. The second kappa shape index (κ2) is 6.02. The summed E-state index contributed by atoms with van der Waals surface area (Å²) in [6.07, 6.45) is 5.29. The minimum atomic E-state index is -1.13. The zero-order valence-electron chi connectivity index (χ0n) is 15.3. The van der Waals surface area contributed by atoms with Crippen LogP contribution in [0, 0.1) is 17.3 Å². The van der Waals surface area contributed by atoms with Gasteiger partial charge in [0.1, 0.15) is 6.29 Å². The minimum absolute atomic E-state index is 0.233. The summed E-state index contributed by atoms with van der Waals surface area (Å²) < 4.78 is 0. The van der Waals surface area contributed by atoms with Gasteiger partial charge in [0, 0.05) is 5.92 Å². The zero-order chi connectivity index (χ0) is 18.6. The Hall–Kier alpha value is -1.01. The number of aliphatic hydroxyl groups excluding tert-OH is 2. The van der Waals surface area contributed by atoms with Crippen LogP contribution in [0.4, 0.5) is 0 Å². The molecule has 4 N–H and O–H groups in total. The van der Waals surface area contributed by atoms with Gasteiger partial charge < -0.3 is 20.4 Å². The molecule has 0 aromatic rings. The largest absolute Gasteiger partial charge is 0.393 e. The van der Waals surface area contributed by atoms with Crippen LogP contribution in [-0.4, -0.2) is 50.1 Å². The van der Waals surface area contributed by atoms with Crippen molar-refractivity contribution in [1.82, 2.24) is 0 Å². The van der Waals surface area contributed by atoms with Crippen LogP contribution in [0.1, 0.15) is 52.9 Å². The summed E-state index contributed by atoms with van der Waals surface area (Å²) in [6, 6.07) is 0. The molecule has 0 amide bonds. The van der Waals surface area contributed by atoms with E-state index < -0.39 is 34.7 Å². The van der Waals surface area contributed by atoms with Crippen molar-refractivity contribution in [2.45, 2.75) is 76.3 Å². The molecule has 5 nitrogen and oxygen atoms in total. The number of carbonyl (C=O) groups is 1. The third-order valence-corrected chi connectivity index (χ3v) is 6.54. The van der Waals surface area contributed by atoms with E-state index in [2.05, 4.69) is 0 Å². The molecular formula is C20H30O5. The summed E-state index contributed by atoms with van der Waals surface area (Å²) >= 11 is 0. The summed E-state index contributed by atoms with van der Waals surface area (Å²) in [7, 11) is 0. The Bertz CT molecular complexity index is 616. The molecule has 0 aromatic heterocycles. The summed E-state index contributed by atoms with van der Waals surface area (Å²) in [6.45, 7) is 5.22. The van der Waals surface area contributed by atoms with Crippen molar-refractivity contribution in [3.8, 4) is 0 Å². The second-order valence-electron chi connectivity index (χ2n) is 9.16. The smallest absolute Gasteiger partial charge is 0.146 e. The molecule has 0 radical (unpaired) electrons. The Morgan fingerprint density at radius 3 is 2.52 bits per heavy atom. The van der Waals surface area contributed by atoms with E-state index in [1.54, 1.807) is 26.0 Å². The van der Waals surface area contributed by atoms with Gasteiger partial charge in [-0.2, -0.15) is 0 Å². The molecule has 3 aliphatic carbocycles. The monoisotopic (exact) mass is 350 g/mol. The molecule has 0 unspecified atom stereocenters. The summed E-state index contributed by atoms with van der Waals surface area (Å²) in [5, 5.41) is 43.0. The van der Waals surface area contributed by atoms with Crippen LogP contribution < -0.4 is 0 Å². The average molecular weight is 350 g/mol. The molecule has 3 aliphatic rings. The quantitative estimate of drug-likeness (QED) is 0.566. The zero-order valence-corrected chi connectivity index (χ0v) is 15.3. The molecule has 5 heteroatoms. The molecular weight excluding hydrogens is 320 g/mol. The van der Waals surface area contributed by atoms with E-state index in [0.717, 1.165) is 6.29 Å². The summed E-state index contributed by atoms with van der Waals surface area (Å²) in [5.74, 6) is -0.732. The minimum Gasteiger partial charge on any atom is -0.393 e. The van der Waals surface area contributed by atoms with Gasteiger partial charge in [-0.3, -0.25) is 4.79 Å². The van der Waals surface area contributed by atoms with Crippen LogP contribution in [0.25, 0.3) is 0 Å². The van der Waals surface area contributed by atoms with Crippen molar-refractivity contribution in [3.63, 3.8) is 0 Å². The van der Waals surface area contributed by atoms with Gasteiger partial charge in [0.2, 0.25) is 0 Å². The summed E-state index contributed by atoms with van der Waals surface area (Å²) in [5.41, 5.74) is -1.62. The van der Waals surface area contributed by atoms with Gasteiger partial charge in [-0.05, 0) is 80.6 Å². The Morgan fingerprint density at radius 2 is 1.92 bits per heavy atom. The first-order chi connectivity index (χ1) is 11.5. The van der Waals surface area contributed by atoms with Crippen molar-refractivity contribution in [1.29, 1.82) is 0 Å². The molecule has 3 rings (SSSR count). The van der Waals surface area contributed by atoms with Crippen LogP contribution in [0.5, 0.6) is 0 Å². The number of hydrogen-bond acceptors (Lipinski definition) is 5. The maximum atomic E-state index is 11.7. The predicted octanol–water partition coefficient (Wildman–Crippen LogP) is 1.49. The van der Waals surface area contributed by atoms with Crippen molar-refractivity contribution in [3.05, 3.63) is 23.3 Å². The third kappa shape index (κ3) is 3.23. The Labute approximate surface area is 149 Å². The third-order valence-electron chi connectivity index (χ3n) is 6.54. The number of rotatable bonds is 2. The number of carbonyl (C=O) groups excluding carboxylic acids is 1. The molecule has 0 spiro atoms. The molecule has 25 heavy (non-hydrogen) atoms. The maximum absolute atomic E-state index is 11.7. The summed E-state index contributed by atoms with van der Waals surface area (Å²) in [4.78, 5) is 11.7. The lowest BCUT2D eigenvalue weighted by atomic mass is 9.60. The van der Waals surface area contributed by atoms with Gasteiger partial charge in [-0.15, -0.1) is 0 Å². The van der Waals surface area contributed by atoms with Crippen LogP contribution in [-0.2, 0) is 4.79 Å². The molecule has 0 aliphatic heterocycles. The Balaban J connectivity index is 2.10. The van der Waals surface area contributed by atoms with Crippen molar-refractivity contribution >= 4 is 6.29 Å². The fourth-order valence-corrected chi connectivity index (χ4v) is 5.36. The first-order valence-electron chi connectivity index (χ1n) is 9.19. The van der Waals surface area contributed by atoms with Crippen molar-refractivity contribution < 1.29 is 25.2 Å². The van der Waals surface area contributed by atoms with E-state index in [4.69, 9.17) is 0 Å².